The number of nitrogens with zero attached hydrogens (tertiary/aromatic N) is 3. The smallest absolute Gasteiger partial charge is 0.270 e. The fourth-order valence-electron chi connectivity index (χ4n) is 4.41. The number of nitrogens with two attached hydrogens (primary N) is 1. The van der Waals surface area contributed by atoms with Gasteiger partial charge in [0.05, 0.1) is 13.2 Å². The van der Waals surface area contributed by atoms with E-state index in [0.717, 1.165) is 30.9 Å². The Hall–Kier alpha value is -3.82. The topological polar surface area (TPSA) is 93.4 Å². The summed E-state index contributed by atoms with van der Waals surface area (Å²) in [5, 5.41) is 2.82. The number of hydrogen-bond donors (Lipinski definition) is 2. The van der Waals surface area contributed by atoms with E-state index < -0.39 is 23.7 Å². The largest absolute Gasteiger partial charge is 0.497 e. The van der Waals surface area contributed by atoms with Gasteiger partial charge in [0.2, 0.25) is 11.7 Å². The first-order valence-electron chi connectivity index (χ1n) is 11.6. The molecule has 1 aliphatic rings. The number of anilines is 2. The van der Waals surface area contributed by atoms with Gasteiger partial charge in [0.1, 0.15) is 18.1 Å². The zero-order valence-corrected chi connectivity index (χ0v) is 20.0. The molecule has 1 fully saturated rings. The predicted octanol–water partition coefficient (Wildman–Crippen LogP) is 4.59. The molecule has 2 unspecified atom stereocenters. The van der Waals surface area contributed by atoms with E-state index in [-0.39, 0.29) is 29.7 Å². The molecule has 190 valence electrons. The summed E-state index contributed by atoms with van der Waals surface area (Å²) in [6.07, 6.45) is 2.94. The van der Waals surface area contributed by atoms with Crippen LogP contribution in [0.1, 0.15) is 42.5 Å². The average Bonchev–Trinajstić information content (AvgIpc) is 3.34. The second-order valence-electron chi connectivity index (χ2n) is 8.87. The molecule has 3 aromatic rings. The Balaban J connectivity index is 1.55. The number of carbonyl (C=O) groups is 1. The minimum Gasteiger partial charge on any atom is -0.497 e. The number of alkyl halides is 2. The maximum Gasteiger partial charge on any atom is 0.270 e. The van der Waals surface area contributed by atoms with Crippen molar-refractivity contribution in [2.75, 3.05) is 23.9 Å². The van der Waals surface area contributed by atoms with Crippen molar-refractivity contribution in [2.45, 2.75) is 44.2 Å². The number of benzene rings is 2. The Morgan fingerprint density at radius 3 is 2.50 bits per heavy atom. The molecule has 2 atom stereocenters. The van der Waals surface area contributed by atoms with Gasteiger partial charge in [-0.05, 0) is 36.1 Å². The Kier molecular flexibility index (Phi) is 7.32. The van der Waals surface area contributed by atoms with Gasteiger partial charge in [-0.1, -0.05) is 36.4 Å². The molecule has 2 aromatic carbocycles. The van der Waals surface area contributed by atoms with Crippen molar-refractivity contribution in [1.29, 1.82) is 0 Å². The van der Waals surface area contributed by atoms with Crippen LogP contribution in [0.3, 0.4) is 0 Å². The number of carbonyl (C=O) groups excluding carboxylic acids is 1. The second kappa shape index (κ2) is 10.4. The quantitative estimate of drug-likeness (QED) is 0.448. The normalized spacial score (nSPS) is 16.6. The number of halogens is 3. The van der Waals surface area contributed by atoms with Crippen LogP contribution in [-0.2, 0) is 17.1 Å². The van der Waals surface area contributed by atoms with Crippen LogP contribution in [0.15, 0.2) is 54.9 Å². The van der Waals surface area contributed by atoms with E-state index in [1.165, 1.54) is 18.5 Å². The predicted molar refractivity (Wildman–Crippen MR) is 131 cm³/mol. The first kappa shape index (κ1) is 25.3. The van der Waals surface area contributed by atoms with Crippen LogP contribution >= 0.6 is 0 Å². The van der Waals surface area contributed by atoms with Crippen LogP contribution in [0, 0.1) is 5.82 Å². The Labute approximate surface area is 207 Å². The molecule has 1 saturated heterocycles. The number of nitrogens with one attached hydrogen (secondary N) is 1. The highest BCUT2D eigenvalue weighted by molar-refractivity contribution is 5.83. The maximum atomic E-state index is 15.6. The fourth-order valence-corrected chi connectivity index (χ4v) is 4.41. The third-order valence-corrected chi connectivity index (χ3v) is 6.35. The number of amides is 1. The van der Waals surface area contributed by atoms with Crippen molar-refractivity contribution in [3.63, 3.8) is 0 Å². The monoisotopic (exact) mass is 499 g/mol. The van der Waals surface area contributed by atoms with Gasteiger partial charge in [-0.2, -0.15) is 4.39 Å². The van der Waals surface area contributed by atoms with E-state index in [1.807, 2.05) is 0 Å². The number of ether oxygens (including phenoxy) is 1. The van der Waals surface area contributed by atoms with E-state index in [0.29, 0.717) is 12.3 Å². The van der Waals surface area contributed by atoms with Crippen molar-refractivity contribution < 1.29 is 22.7 Å². The minimum atomic E-state index is -2.93. The molecule has 0 aliphatic carbocycles. The summed E-state index contributed by atoms with van der Waals surface area (Å²) in [6.45, 7) is 1.39. The number of methoxy groups -OCH3 is 1. The molecular formula is C26H28F3N5O2. The number of rotatable bonds is 9. The van der Waals surface area contributed by atoms with E-state index >= 15 is 4.39 Å². The molecule has 3 N–H and O–H groups in total. The molecule has 1 aromatic heterocycles. The van der Waals surface area contributed by atoms with Gasteiger partial charge >= 0.3 is 0 Å². The molecule has 36 heavy (non-hydrogen) atoms. The van der Waals surface area contributed by atoms with Crippen LogP contribution < -0.4 is 20.7 Å². The molecule has 0 bridgehead atoms. The Bertz CT molecular complexity index is 1200. The van der Waals surface area contributed by atoms with Gasteiger partial charge in [0.15, 0.2) is 11.6 Å². The standard InChI is InChI=1S/C26H28F3N5O2/c1-26(28,29)18-9-7-17(8-10-18)21-4-3-13-34(21)25-22(27)24(31-15-32-25)33-20(23(30)35)14-16-5-11-19(36-2)12-6-16/h5-12,15,20-21H,3-4,13-14H2,1-2H3,(H2,30,35)(H,31,32,33). The van der Waals surface area contributed by atoms with Crippen LogP contribution in [0.2, 0.25) is 0 Å². The minimum absolute atomic E-state index is 0.0764. The van der Waals surface area contributed by atoms with Crippen LogP contribution in [0.5, 0.6) is 5.75 Å². The van der Waals surface area contributed by atoms with Crippen LogP contribution in [0.25, 0.3) is 0 Å². The summed E-state index contributed by atoms with van der Waals surface area (Å²) in [4.78, 5) is 22.1. The summed E-state index contributed by atoms with van der Waals surface area (Å²) in [5.41, 5.74) is 7.11. The molecule has 0 saturated carbocycles. The molecular weight excluding hydrogens is 471 g/mol. The molecule has 0 radical (unpaired) electrons. The van der Waals surface area contributed by atoms with E-state index in [4.69, 9.17) is 10.5 Å². The first-order valence-corrected chi connectivity index (χ1v) is 11.6. The Morgan fingerprint density at radius 2 is 1.89 bits per heavy atom. The average molecular weight is 500 g/mol. The SMILES string of the molecule is COc1ccc(CC(Nc2ncnc(N3CCCC3c3ccc(C(C)(F)F)cc3)c2F)C(N)=O)cc1. The highest BCUT2D eigenvalue weighted by atomic mass is 19.3. The van der Waals surface area contributed by atoms with Crippen molar-refractivity contribution in [3.05, 3.63) is 77.4 Å². The fraction of sp³-hybridized carbons (Fsp3) is 0.346. The molecule has 0 spiro atoms. The van der Waals surface area contributed by atoms with Gasteiger partial charge in [-0.15, -0.1) is 0 Å². The van der Waals surface area contributed by atoms with Gasteiger partial charge in [0, 0.05) is 25.5 Å². The molecule has 1 aliphatic heterocycles. The third kappa shape index (κ3) is 5.53. The van der Waals surface area contributed by atoms with Crippen LogP contribution in [-0.4, -0.2) is 35.6 Å². The summed E-state index contributed by atoms with van der Waals surface area (Å²) >= 11 is 0. The highest BCUT2D eigenvalue weighted by Crippen LogP contribution is 2.38. The molecule has 4 rings (SSSR count). The lowest BCUT2D eigenvalue weighted by molar-refractivity contribution is -0.118. The molecule has 7 nitrogen and oxygen atoms in total. The molecule has 10 heteroatoms. The summed E-state index contributed by atoms with van der Waals surface area (Å²) in [6, 6.07) is 12.1. The summed E-state index contributed by atoms with van der Waals surface area (Å²) in [7, 11) is 1.56. The lowest BCUT2D eigenvalue weighted by Gasteiger charge is -2.27. The van der Waals surface area contributed by atoms with Crippen molar-refractivity contribution in [1.82, 2.24) is 9.97 Å². The van der Waals surface area contributed by atoms with E-state index in [1.54, 1.807) is 48.4 Å². The number of aromatic nitrogens is 2. The lowest BCUT2D eigenvalue weighted by atomic mass is 10.0. The zero-order chi connectivity index (χ0) is 25.9. The van der Waals surface area contributed by atoms with Gasteiger partial charge in [-0.3, -0.25) is 4.79 Å². The van der Waals surface area contributed by atoms with E-state index in [9.17, 15) is 13.6 Å². The van der Waals surface area contributed by atoms with E-state index in [2.05, 4.69) is 15.3 Å². The zero-order valence-electron chi connectivity index (χ0n) is 20.0. The second-order valence-corrected chi connectivity index (χ2v) is 8.87. The highest BCUT2D eigenvalue weighted by Gasteiger charge is 2.32. The first-order chi connectivity index (χ1) is 17.2. The lowest BCUT2D eigenvalue weighted by Crippen LogP contribution is -2.38. The summed E-state index contributed by atoms with van der Waals surface area (Å²) < 4.78 is 48.0. The molecule has 1 amide bonds. The van der Waals surface area contributed by atoms with Crippen molar-refractivity contribution in [3.8, 4) is 5.75 Å². The summed E-state index contributed by atoms with van der Waals surface area (Å²) in [5.74, 6) is -3.68. The van der Waals surface area contributed by atoms with Crippen molar-refractivity contribution in [2.24, 2.45) is 5.73 Å². The van der Waals surface area contributed by atoms with Crippen molar-refractivity contribution >= 4 is 17.5 Å². The third-order valence-electron chi connectivity index (χ3n) is 6.35. The van der Waals surface area contributed by atoms with Gasteiger partial charge in [0.25, 0.3) is 5.92 Å². The number of hydrogen-bond acceptors (Lipinski definition) is 6. The van der Waals surface area contributed by atoms with Gasteiger partial charge < -0.3 is 20.7 Å². The number of primary amides is 1. The Morgan fingerprint density at radius 1 is 1.19 bits per heavy atom. The van der Waals surface area contributed by atoms with Gasteiger partial charge in [-0.25, -0.2) is 18.7 Å². The molecule has 2 heterocycles. The maximum absolute atomic E-state index is 15.6. The van der Waals surface area contributed by atoms with Crippen LogP contribution in [0.4, 0.5) is 24.8 Å².